The lowest BCUT2D eigenvalue weighted by atomic mass is 9.97. The Morgan fingerprint density at radius 1 is 1.06 bits per heavy atom. The summed E-state index contributed by atoms with van der Waals surface area (Å²) in [5, 5.41) is 4.11. The minimum atomic E-state index is 0.189. The van der Waals surface area contributed by atoms with Crippen LogP contribution in [0.25, 0.3) is 0 Å². The second-order valence-electron chi connectivity index (χ2n) is 4.28. The molecular formula is C15H15BrClN. The number of rotatable bonds is 3. The third-order valence-corrected chi connectivity index (χ3v) is 4.15. The summed E-state index contributed by atoms with van der Waals surface area (Å²) in [5.41, 5.74) is 3.70. The zero-order valence-electron chi connectivity index (χ0n) is 10.4. The van der Waals surface area contributed by atoms with Crippen LogP contribution in [0.3, 0.4) is 0 Å². The predicted octanol–water partition coefficient (Wildman–Crippen LogP) is 4.72. The van der Waals surface area contributed by atoms with Crippen LogP contribution in [-0.4, -0.2) is 7.05 Å². The molecule has 0 radical (unpaired) electrons. The highest BCUT2D eigenvalue weighted by Gasteiger charge is 2.12. The topological polar surface area (TPSA) is 12.0 Å². The van der Waals surface area contributed by atoms with Gasteiger partial charge in [-0.3, -0.25) is 0 Å². The summed E-state index contributed by atoms with van der Waals surface area (Å²) >= 11 is 9.45. The van der Waals surface area contributed by atoms with E-state index in [4.69, 9.17) is 11.6 Å². The highest BCUT2D eigenvalue weighted by Crippen LogP contribution is 2.26. The van der Waals surface area contributed by atoms with E-state index in [1.165, 1.54) is 16.7 Å². The van der Waals surface area contributed by atoms with Crippen LogP contribution < -0.4 is 5.32 Å². The number of hydrogen-bond donors (Lipinski definition) is 1. The van der Waals surface area contributed by atoms with Gasteiger partial charge < -0.3 is 5.32 Å². The summed E-state index contributed by atoms with van der Waals surface area (Å²) in [6, 6.07) is 14.6. The van der Waals surface area contributed by atoms with Gasteiger partial charge in [-0.2, -0.15) is 0 Å². The summed E-state index contributed by atoms with van der Waals surface area (Å²) < 4.78 is 1.14. The van der Waals surface area contributed by atoms with Gasteiger partial charge in [0.15, 0.2) is 0 Å². The first-order valence-electron chi connectivity index (χ1n) is 5.80. The van der Waals surface area contributed by atoms with Crippen molar-refractivity contribution in [2.24, 2.45) is 0 Å². The van der Waals surface area contributed by atoms with Crippen LogP contribution in [-0.2, 0) is 0 Å². The molecule has 2 aromatic carbocycles. The second kappa shape index (κ2) is 5.87. The third kappa shape index (κ3) is 2.94. The van der Waals surface area contributed by atoms with E-state index in [9.17, 15) is 0 Å². The third-order valence-electron chi connectivity index (χ3n) is 3.01. The molecule has 0 fully saturated rings. The maximum absolute atomic E-state index is 5.92. The first kappa shape index (κ1) is 13.6. The average molecular weight is 325 g/mol. The zero-order valence-corrected chi connectivity index (χ0v) is 12.7. The van der Waals surface area contributed by atoms with Crippen molar-refractivity contribution in [1.82, 2.24) is 5.32 Å². The molecule has 2 rings (SSSR count). The quantitative estimate of drug-likeness (QED) is 0.861. The molecule has 0 aromatic heterocycles. The molecule has 0 heterocycles. The Labute approximate surface area is 121 Å². The molecule has 1 unspecified atom stereocenters. The van der Waals surface area contributed by atoms with Gasteiger partial charge in [0.1, 0.15) is 0 Å². The van der Waals surface area contributed by atoms with Gasteiger partial charge in [0, 0.05) is 9.50 Å². The normalized spacial score (nSPS) is 12.4. The summed E-state index contributed by atoms with van der Waals surface area (Å²) in [6.45, 7) is 2.10. The second-order valence-corrected chi connectivity index (χ2v) is 5.57. The van der Waals surface area contributed by atoms with Crippen molar-refractivity contribution in [2.75, 3.05) is 7.05 Å². The standard InChI is InChI=1S/C15H15BrClN/c1-10-9-12(5-8-14(10)16)15(18-2)11-3-6-13(17)7-4-11/h3-9,15,18H,1-2H3. The Kier molecular flexibility index (Phi) is 4.44. The Bertz CT molecular complexity index is 537. The molecule has 3 heteroatoms. The minimum Gasteiger partial charge on any atom is -0.309 e. The first-order valence-corrected chi connectivity index (χ1v) is 6.97. The molecule has 0 spiro atoms. The van der Waals surface area contributed by atoms with Crippen molar-refractivity contribution in [3.8, 4) is 0 Å². The highest BCUT2D eigenvalue weighted by molar-refractivity contribution is 9.10. The summed E-state index contributed by atoms with van der Waals surface area (Å²) in [5.74, 6) is 0. The summed E-state index contributed by atoms with van der Waals surface area (Å²) in [7, 11) is 1.97. The lowest BCUT2D eigenvalue weighted by Crippen LogP contribution is -2.17. The molecular weight excluding hydrogens is 310 g/mol. The smallest absolute Gasteiger partial charge is 0.0574 e. The van der Waals surface area contributed by atoms with Crippen LogP contribution in [0.4, 0.5) is 0 Å². The van der Waals surface area contributed by atoms with Crippen molar-refractivity contribution in [1.29, 1.82) is 0 Å². The molecule has 0 bridgehead atoms. The SMILES string of the molecule is CNC(c1ccc(Cl)cc1)c1ccc(Br)c(C)c1. The van der Waals surface area contributed by atoms with Crippen LogP contribution in [0.1, 0.15) is 22.7 Å². The Morgan fingerprint density at radius 2 is 1.67 bits per heavy atom. The van der Waals surface area contributed by atoms with Gasteiger partial charge in [-0.15, -0.1) is 0 Å². The molecule has 2 aromatic rings. The maximum atomic E-state index is 5.92. The molecule has 1 nitrogen and oxygen atoms in total. The molecule has 1 N–H and O–H groups in total. The Morgan fingerprint density at radius 3 is 2.22 bits per heavy atom. The molecule has 0 aliphatic rings. The highest BCUT2D eigenvalue weighted by atomic mass is 79.9. The fraction of sp³-hybridized carbons (Fsp3) is 0.200. The number of halogens is 2. The van der Waals surface area contributed by atoms with Crippen molar-refractivity contribution in [2.45, 2.75) is 13.0 Å². The van der Waals surface area contributed by atoms with Gasteiger partial charge in [0.25, 0.3) is 0 Å². The predicted molar refractivity (Wildman–Crippen MR) is 81.2 cm³/mol. The molecule has 1 atom stereocenters. The number of hydrogen-bond acceptors (Lipinski definition) is 1. The molecule has 94 valence electrons. The van der Waals surface area contributed by atoms with E-state index in [2.05, 4.69) is 58.5 Å². The Balaban J connectivity index is 2.38. The van der Waals surface area contributed by atoms with E-state index in [0.717, 1.165) is 9.50 Å². The minimum absolute atomic E-state index is 0.189. The average Bonchev–Trinajstić information content (AvgIpc) is 2.37. The lowest BCUT2D eigenvalue weighted by molar-refractivity contribution is 0.691. The van der Waals surface area contributed by atoms with E-state index >= 15 is 0 Å². The number of benzene rings is 2. The van der Waals surface area contributed by atoms with Gasteiger partial charge in [-0.25, -0.2) is 0 Å². The van der Waals surface area contributed by atoms with Crippen molar-refractivity contribution >= 4 is 27.5 Å². The van der Waals surface area contributed by atoms with Gasteiger partial charge in [-0.1, -0.05) is 51.8 Å². The van der Waals surface area contributed by atoms with Crippen molar-refractivity contribution in [3.05, 3.63) is 68.7 Å². The molecule has 0 saturated heterocycles. The van der Waals surface area contributed by atoms with Crippen LogP contribution in [0, 0.1) is 6.92 Å². The molecule has 0 saturated carbocycles. The Hall–Kier alpha value is -0.830. The lowest BCUT2D eigenvalue weighted by Gasteiger charge is -2.18. The first-order chi connectivity index (χ1) is 8.61. The van der Waals surface area contributed by atoms with E-state index in [0.29, 0.717) is 0 Å². The van der Waals surface area contributed by atoms with Gasteiger partial charge in [0.2, 0.25) is 0 Å². The molecule has 18 heavy (non-hydrogen) atoms. The maximum Gasteiger partial charge on any atom is 0.0574 e. The van der Waals surface area contributed by atoms with Gasteiger partial charge >= 0.3 is 0 Å². The summed E-state index contributed by atoms with van der Waals surface area (Å²) in [4.78, 5) is 0. The number of aryl methyl sites for hydroxylation is 1. The van der Waals surface area contributed by atoms with Crippen molar-refractivity contribution in [3.63, 3.8) is 0 Å². The monoisotopic (exact) mass is 323 g/mol. The largest absolute Gasteiger partial charge is 0.309 e. The van der Waals surface area contributed by atoms with E-state index in [-0.39, 0.29) is 6.04 Å². The van der Waals surface area contributed by atoms with Crippen LogP contribution in [0.5, 0.6) is 0 Å². The fourth-order valence-corrected chi connectivity index (χ4v) is 2.40. The summed E-state index contributed by atoms with van der Waals surface area (Å²) in [6.07, 6.45) is 0. The zero-order chi connectivity index (χ0) is 13.1. The number of nitrogens with one attached hydrogen (secondary N) is 1. The van der Waals surface area contributed by atoms with E-state index < -0.39 is 0 Å². The van der Waals surface area contributed by atoms with E-state index in [1.807, 2.05) is 19.2 Å². The van der Waals surface area contributed by atoms with Crippen LogP contribution >= 0.6 is 27.5 Å². The van der Waals surface area contributed by atoms with Crippen LogP contribution in [0.15, 0.2) is 46.9 Å². The molecule has 0 amide bonds. The molecule has 0 aliphatic carbocycles. The molecule has 0 aliphatic heterocycles. The van der Waals surface area contributed by atoms with E-state index in [1.54, 1.807) is 0 Å². The van der Waals surface area contributed by atoms with Crippen LogP contribution in [0.2, 0.25) is 5.02 Å². The fourth-order valence-electron chi connectivity index (χ4n) is 2.03. The van der Waals surface area contributed by atoms with Gasteiger partial charge in [0.05, 0.1) is 6.04 Å². The van der Waals surface area contributed by atoms with Crippen molar-refractivity contribution < 1.29 is 0 Å². The van der Waals surface area contributed by atoms with Gasteiger partial charge in [-0.05, 0) is 48.9 Å².